The van der Waals surface area contributed by atoms with Crippen LogP contribution in [0.3, 0.4) is 0 Å². The maximum atomic E-state index is 13.1. The average molecular weight is 388 g/mol. The van der Waals surface area contributed by atoms with Gasteiger partial charge in [-0.2, -0.15) is 18.2 Å². The van der Waals surface area contributed by atoms with E-state index in [-0.39, 0.29) is 16.3 Å². The van der Waals surface area contributed by atoms with Crippen LogP contribution in [0.5, 0.6) is 0 Å². The van der Waals surface area contributed by atoms with Crippen LogP contribution >= 0.6 is 11.8 Å². The molecule has 4 rings (SSSR count). The first-order valence-corrected chi connectivity index (χ1v) is 8.84. The Labute approximate surface area is 155 Å². The number of para-hydroxylation sites is 1. The van der Waals surface area contributed by atoms with Crippen molar-refractivity contribution < 1.29 is 17.7 Å². The molecule has 0 aliphatic carbocycles. The molecule has 0 amide bonds. The molecule has 0 radical (unpaired) electrons. The topological polar surface area (TPSA) is 64.7 Å². The van der Waals surface area contributed by atoms with E-state index in [1.807, 2.05) is 30.3 Å². The van der Waals surface area contributed by atoms with E-state index in [9.17, 15) is 13.2 Å². The molecule has 2 aromatic carbocycles. The Bertz CT molecular complexity index is 1080. The summed E-state index contributed by atoms with van der Waals surface area (Å²) < 4.78 is 44.4. The lowest BCUT2D eigenvalue weighted by atomic mass is 10.2. The van der Waals surface area contributed by atoms with Crippen molar-refractivity contribution in [3.8, 4) is 11.5 Å². The first kappa shape index (κ1) is 17.5. The Hall–Kier alpha value is -2.94. The van der Waals surface area contributed by atoms with Gasteiger partial charge >= 0.3 is 6.18 Å². The van der Waals surface area contributed by atoms with Gasteiger partial charge in [0.2, 0.25) is 5.82 Å². The standard InChI is InChI=1S/C18H11F3N4OS/c19-18(20,21)17-22-13-9-5-4-8-12(13)16(24-17)27-10-14-23-15(26-25-14)11-6-2-1-3-7-11/h1-9H,10H2. The Morgan fingerprint density at radius 2 is 1.63 bits per heavy atom. The second-order valence-electron chi connectivity index (χ2n) is 5.54. The van der Waals surface area contributed by atoms with Crippen molar-refractivity contribution in [1.82, 2.24) is 20.1 Å². The Balaban J connectivity index is 1.61. The highest BCUT2D eigenvalue weighted by molar-refractivity contribution is 7.98. The molecule has 4 aromatic rings. The SMILES string of the molecule is FC(F)(F)c1nc(SCc2noc(-c3ccccc3)n2)c2ccccc2n1. The van der Waals surface area contributed by atoms with Crippen molar-refractivity contribution >= 4 is 22.7 Å². The summed E-state index contributed by atoms with van der Waals surface area (Å²) in [5.74, 6) is -0.221. The van der Waals surface area contributed by atoms with E-state index >= 15 is 0 Å². The monoisotopic (exact) mass is 388 g/mol. The van der Waals surface area contributed by atoms with Crippen molar-refractivity contribution in [1.29, 1.82) is 0 Å². The number of hydrogen-bond acceptors (Lipinski definition) is 6. The molecular weight excluding hydrogens is 377 g/mol. The zero-order valence-corrected chi connectivity index (χ0v) is 14.5. The molecule has 27 heavy (non-hydrogen) atoms. The molecule has 0 spiro atoms. The summed E-state index contributed by atoms with van der Waals surface area (Å²) in [5.41, 5.74) is 1.01. The maximum Gasteiger partial charge on any atom is 0.451 e. The lowest BCUT2D eigenvalue weighted by Crippen LogP contribution is -2.11. The van der Waals surface area contributed by atoms with E-state index in [0.29, 0.717) is 17.1 Å². The second kappa shape index (κ2) is 6.99. The Morgan fingerprint density at radius 3 is 2.41 bits per heavy atom. The zero-order chi connectivity index (χ0) is 18.9. The van der Waals surface area contributed by atoms with Crippen LogP contribution in [0.1, 0.15) is 11.6 Å². The van der Waals surface area contributed by atoms with Gasteiger partial charge in [-0.25, -0.2) is 9.97 Å². The fourth-order valence-electron chi connectivity index (χ4n) is 2.43. The molecule has 9 heteroatoms. The van der Waals surface area contributed by atoms with E-state index in [4.69, 9.17) is 4.52 Å². The molecule has 0 aliphatic rings. The van der Waals surface area contributed by atoms with E-state index in [1.165, 1.54) is 6.07 Å². The minimum Gasteiger partial charge on any atom is -0.334 e. The quantitative estimate of drug-likeness (QED) is 0.362. The van der Waals surface area contributed by atoms with Gasteiger partial charge < -0.3 is 4.52 Å². The number of halogens is 3. The minimum atomic E-state index is -4.62. The van der Waals surface area contributed by atoms with Crippen molar-refractivity contribution in [2.45, 2.75) is 17.0 Å². The van der Waals surface area contributed by atoms with Crippen molar-refractivity contribution in [2.75, 3.05) is 0 Å². The Morgan fingerprint density at radius 1 is 0.889 bits per heavy atom. The summed E-state index contributed by atoms with van der Waals surface area (Å²) in [6.07, 6.45) is -4.62. The zero-order valence-electron chi connectivity index (χ0n) is 13.6. The molecule has 2 aromatic heterocycles. The fraction of sp³-hybridized carbons (Fsp3) is 0.111. The first-order chi connectivity index (χ1) is 13.0. The lowest BCUT2D eigenvalue weighted by Gasteiger charge is -2.09. The normalized spacial score (nSPS) is 11.8. The molecule has 0 unspecified atom stereocenters. The van der Waals surface area contributed by atoms with Crippen LogP contribution in [-0.2, 0) is 11.9 Å². The van der Waals surface area contributed by atoms with Crippen LogP contribution in [0, 0.1) is 0 Å². The smallest absolute Gasteiger partial charge is 0.334 e. The number of rotatable bonds is 4. The van der Waals surface area contributed by atoms with E-state index in [2.05, 4.69) is 20.1 Å². The minimum absolute atomic E-state index is 0.217. The van der Waals surface area contributed by atoms with Crippen molar-refractivity contribution in [3.05, 3.63) is 66.2 Å². The summed E-state index contributed by atoms with van der Waals surface area (Å²) in [4.78, 5) is 11.6. The van der Waals surface area contributed by atoms with E-state index < -0.39 is 12.0 Å². The van der Waals surface area contributed by atoms with E-state index in [1.54, 1.807) is 18.2 Å². The summed E-state index contributed by atoms with van der Waals surface area (Å²) >= 11 is 1.11. The number of fused-ring (bicyclic) bond motifs is 1. The highest BCUT2D eigenvalue weighted by atomic mass is 32.2. The van der Waals surface area contributed by atoms with Crippen molar-refractivity contribution in [2.24, 2.45) is 0 Å². The Kier molecular flexibility index (Phi) is 4.53. The van der Waals surface area contributed by atoms with Gasteiger partial charge in [0.05, 0.1) is 11.3 Å². The summed E-state index contributed by atoms with van der Waals surface area (Å²) in [5, 5.41) is 4.65. The van der Waals surface area contributed by atoms with Gasteiger partial charge in [0.15, 0.2) is 5.82 Å². The number of alkyl halides is 3. The molecule has 0 saturated heterocycles. The summed E-state index contributed by atoms with van der Waals surface area (Å²) in [7, 11) is 0. The molecule has 0 N–H and O–H groups in total. The lowest BCUT2D eigenvalue weighted by molar-refractivity contribution is -0.145. The summed E-state index contributed by atoms with van der Waals surface area (Å²) in [6.45, 7) is 0. The van der Waals surface area contributed by atoms with Gasteiger partial charge in [-0.15, -0.1) is 0 Å². The largest absolute Gasteiger partial charge is 0.451 e. The predicted octanol–water partition coefficient (Wildman–Crippen LogP) is 4.99. The maximum absolute atomic E-state index is 13.1. The van der Waals surface area contributed by atoms with Crippen LogP contribution in [0.2, 0.25) is 0 Å². The molecule has 0 aliphatic heterocycles. The molecule has 0 fully saturated rings. The molecule has 0 saturated carbocycles. The molecule has 0 atom stereocenters. The fourth-order valence-corrected chi connectivity index (χ4v) is 3.29. The van der Waals surface area contributed by atoms with Crippen LogP contribution < -0.4 is 0 Å². The van der Waals surface area contributed by atoms with Crippen LogP contribution in [0.4, 0.5) is 13.2 Å². The number of benzene rings is 2. The highest BCUT2D eigenvalue weighted by Gasteiger charge is 2.35. The van der Waals surface area contributed by atoms with Gasteiger partial charge in [0.25, 0.3) is 5.89 Å². The van der Waals surface area contributed by atoms with Crippen LogP contribution in [0.25, 0.3) is 22.4 Å². The van der Waals surface area contributed by atoms with Gasteiger partial charge in [-0.3, -0.25) is 0 Å². The van der Waals surface area contributed by atoms with Gasteiger partial charge in [0, 0.05) is 10.9 Å². The third-order valence-electron chi connectivity index (χ3n) is 3.65. The second-order valence-corrected chi connectivity index (χ2v) is 6.50. The third-order valence-corrected chi connectivity index (χ3v) is 4.64. The number of thioether (sulfide) groups is 1. The van der Waals surface area contributed by atoms with Crippen LogP contribution in [-0.4, -0.2) is 20.1 Å². The third kappa shape index (κ3) is 3.77. The molecule has 5 nitrogen and oxygen atoms in total. The molecule has 0 bridgehead atoms. The average Bonchev–Trinajstić information content (AvgIpc) is 3.15. The predicted molar refractivity (Wildman–Crippen MR) is 93.8 cm³/mol. The first-order valence-electron chi connectivity index (χ1n) is 7.85. The van der Waals surface area contributed by atoms with Crippen molar-refractivity contribution in [3.63, 3.8) is 0 Å². The highest BCUT2D eigenvalue weighted by Crippen LogP contribution is 2.33. The summed E-state index contributed by atoms with van der Waals surface area (Å²) in [6, 6.07) is 15.8. The van der Waals surface area contributed by atoms with E-state index in [0.717, 1.165) is 17.3 Å². The van der Waals surface area contributed by atoms with Gasteiger partial charge in [-0.05, 0) is 18.2 Å². The number of aromatic nitrogens is 4. The van der Waals surface area contributed by atoms with Gasteiger partial charge in [-0.1, -0.05) is 53.3 Å². The molecular formula is C18H11F3N4OS. The van der Waals surface area contributed by atoms with Gasteiger partial charge in [0.1, 0.15) is 5.03 Å². The van der Waals surface area contributed by atoms with Crippen LogP contribution in [0.15, 0.2) is 64.1 Å². The molecule has 136 valence electrons. The number of nitrogens with zero attached hydrogens (tertiary/aromatic N) is 4. The molecule has 2 heterocycles. The number of hydrogen-bond donors (Lipinski definition) is 0.